The second kappa shape index (κ2) is 10.1. The molecule has 0 heterocycles. The van der Waals surface area contributed by atoms with Crippen LogP contribution in [0, 0.1) is 46.3 Å². The van der Waals surface area contributed by atoms with Crippen LogP contribution in [0.4, 0.5) is 0 Å². The lowest BCUT2D eigenvalue weighted by molar-refractivity contribution is -0.0565. The molecule has 0 N–H and O–H groups in total. The molecule has 0 aliphatic heterocycles. The highest BCUT2D eigenvalue weighted by Gasteiger charge is 2.59. The van der Waals surface area contributed by atoms with Crippen LogP contribution in [0.1, 0.15) is 103 Å². The Balaban J connectivity index is 1.27. The smallest absolute Gasteiger partial charge is 0.338 e. The van der Waals surface area contributed by atoms with Crippen LogP contribution >= 0.6 is 0 Å². The molecular formula is C34H48O2. The van der Waals surface area contributed by atoms with Crippen LogP contribution in [0.5, 0.6) is 0 Å². The lowest BCUT2D eigenvalue weighted by atomic mass is 9.47. The Morgan fingerprint density at radius 1 is 1.03 bits per heavy atom. The van der Waals surface area contributed by atoms with E-state index in [1.807, 2.05) is 30.3 Å². The van der Waals surface area contributed by atoms with Gasteiger partial charge in [0.05, 0.1) is 5.56 Å². The van der Waals surface area contributed by atoms with E-state index in [1.54, 1.807) is 5.57 Å². The molecule has 196 valence electrons. The van der Waals surface area contributed by atoms with Gasteiger partial charge in [-0.1, -0.05) is 76.6 Å². The monoisotopic (exact) mass is 488 g/mol. The zero-order valence-corrected chi connectivity index (χ0v) is 23.3. The van der Waals surface area contributed by atoms with Gasteiger partial charge in [-0.15, -0.1) is 0 Å². The molecule has 0 radical (unpaired) electrons. The predicted octanol–water partition coefficient (Wildman–Crippen LogP) is 9.03. The normalized spacial score (nSPS) is 38.7. The number of carbonyl (C=O) groups is 1. The maximum Gasteiger partial charge on any atom is 0.338 e. The molecule has 0 unspecified atom stereocenters. The van der Waals surface area contributed by atoms with Gasteiger partial charge >= 0.3 is 5.97 Å². The van der Waals surface area contributed by atoms with Crippen molar-refractivity contribution in [3.8, 4) is 0 Å². The van der Waals surface area contributed by atoms with Crippen LogP contribution in [0.2, 0.25) is 0 Å². The van der Waals surface area contributed by atoms with Crippen LogP contribution in [0.15, 0.2) is 54.1 Å². The predicted molar refractivity (Wildman–Crippen MR) is 149 cm³/mol. The third kappa shape index (κ3) is 4.63. The molecule has 1 aromatic rings. The van der Waals surface area contributed by atoms with Gasteiger partial charge in [0.1, 0.15) is 6.10 Å². The van der Waals surface area contributed by atoms with Gasteiger partial charge in [-0.3, -0.25) is 0 Å². The van der Waals surface area contributed by atoms with Crippen LogP contribution < -0.4 is 0 Å². The van der Waals surface area contributed by atoms with Gasteiger partial charge < -0.3 is 4.74 Å². The molecule has 8 atom stereocenters. The Labute approximate surface area is 220 Å². The van der Waals surface area contributed by atoms with Crippen molar-refractivity contribution in [2.75, 3.05) is 0 Å². The summed E-state index contributed by atoms with van der Waals surface area (Å²) in [5.41, 5.74) is 3.04. The fourth-order valence-electron chi connectivity index (χ4n) is 9.13. The van der Waals surface area contributed by atoms with Gasteiger partial charge in [0.25, 0.3) is 0 Å². The van der Waals surface area contributed by atoms with Crippen molar-refractivity contribution in [2.45, 2.75) is 98.5 Å². The van der Waals surface area contributed by atoms with E-state index in [4.69, 9.17) is 4.74 Å². The van der Waals surface area contributed by atoms with Crippen molar-refractivity contribution in [3.05, 3.63) is 59.7 Å². The molecular weight excluding hydrogens is 440 g/mol. The second-order valence-electron chi connectivity index (χ2n) is 13.5. The molecule has 0 amide bonds. The fourth-order valence-corrected chi connectivity index (χ4v) is 9.13. The molecule has 1 aromatic carbocycles. The van der Waals surface area contributed by atoms with Gasteiger partial charge in [-0.05, 0) is 110 Å². The van der Waals surface area contributed by atoms with Crippen LogP contribution in [0.25, 0.3) is 0 Å². The number of esters is 1. The van der Waals surface area contributed by atoms with E-state index in [0.29, 0.717) is 22.3 Å². The Morgan fingerprint density at radius 3 is 2.56 bits per heavy atom. The molecule has 2 heteroatoms. The van der Waals surface area contributed by atoms with Gasteiger partial charge in [0, 0.05) is 6.42 Å². The molecule has 4 aliphatic carbocycles. The van der Waals surface area contributed by atoms with Crippen molar-refractivity contribution >= 4 is 5.97 Å². The van der Waals surface area contributed by atoms with Crippen molar-refractivity contribution in [1.82, 2.24) is 0 Å². The van der Waals surface area contributed by atoms with Crippen LogP contribution in [-0.2, 0) is 4.74 Å². The SMILES string of the molecule is CC(C)C/C=C/[C@@H](C)[C@H]1CC[C@H]2[C@@H]3CC=C4C[C@H](OC(=O)c5ccccc5)CC[C@]4(C)[C@H]3CC[C@]12C. The lowest BCUT2D eigenvalue weighted by Crippen LogP contribution is -2.51. The van der Waals surface area contributed by atoms with E-state index in [0.717, 1.165) is 48.9 Å². The number of benzene rings is 1. The Kier molecular flexibility index (Phi) is 7.27. The van der Waals surface area contributed by atoms with E-state index in [9.17, 15) is 4.79 Å². The van der Waals surface area contributed by atoms with E-state index in [2.05, 4.69) is 52.8 Å². The van der Waals surface area contributed by atoms with E-state index in [-0.39, 0.29) is 12.1 Å². The van der Waals surface area contributed by atoms with Crippen molar-refractivity contribution in [2.24, 2.45) is 46.3 Å². The number of carbonyl (C=O) groups excluding carboxylic acids is 1. The largest absolute Gasteiger partial charge is 0.458 e. The van der Waals surface area contributed by atoms with Gasteiger partial charge in [0.15, 0.2) is 0 Å². The maximum atomic E-state index is 12.7. The van der Waals surface area contributed by atoms with E-state index in [1.165, 1.54) is 38.5 Å². The summed E-state index contributed by atoms with van der Waals surface area (Å²) in [5.74, 6) is 4.60. The Hall–Kier alpha value is -1.83. The van der Waals surface area contributed by atoms with Crippen LogP contribution in [0.3, 0.4) is 0 Å². The summed E-state index contributed by atoms with van der Waals surface area (Å²) in [6.45, 7) is 12.3. The molecule has 0 spiro atoms. The molecule has 0 saturated heterocycles. The first-order valence-electron chi connectivity index (χ1n) is 14.8. The molecule has 0 aromatic heterocycles. The third-order valence-corrected chi connectivity index (χ3v) is 11.1. The highest BCUT2D eigenvalue weighted by molar-refractivity contribution is 5.89. The average Bonchev–Trinajstić information content (AvgIpc) is 3.22. The van der Waals surface area contributed by atoms with Crippen molar-refractivity contribution in [3.63, 3.8) is 0 Å². The summed E-state index contributed by atoms with van der Waals surface area (Å²) in [5, 5.41) is 0. The number of fused-ring (bicyclic) bond motifs is 5. The Morgan fingerprint density at radius 2 is 1.81 bits per heavy atom. The molecule has 4 aliphatic rings. The molecule has 0 bridgehead atoms. The van der Waals surface area contributed by atoms with Gasteiger partial charge in [-0.25, -0.2) is 4.79 Å². The number of hydrogen-bond acceptors (Lipinski definition) is 2. The highest BCUT2D eigenvalue weighted by atomic mass is 16.5. The molecule has 2 nitrogen and oxygen atoms in total. The summed E-state index contributed by atoms with van der Waals surface area (Å²) in [6.07, 6.45) is 18.7. The topological polar surface area (TPSA) is 26.3 Å². The standard InChI is InChI=1S/C34H48O2/c1-23(2)10-9-11-24(3)29-16-17-30-28-15-14-26-22-27(36-32(35)25-12-7-6-8-13-25)18-20-33(26,4)31(28)19-21-34(29,30)5/h6-9,11-14,23-24,27-31H,10,15-22H2,1-5H3/b11-9+/t24-,27-,28+,29-,30+,31+,33+,34-/m1/s1. The number of allylic oxidation sites excluding steroid dienone is 3. The first kappa shape index (κ1) is 25.8. The second-order valence-corrected chi connectivity index (χ2v) is 13.5. The molecule has 3 fully saturated rings. The first-order valence-corrected chi connectivity index (χ1v) is 14.8. The minimum atomic E-state index is -0.166. The minimum absolute atomic E-state index is 0.0248. The van der Waals surface area contributed by atoms with Crippen LogP contribution in [-0.4, -0.2) is 12.1 Å². The summed E-state index contributed by atoms with van der Waals surface area (Å²) >= 11 is 0. The lowest BCUT2D eigenvalue weighted by Gasteiger charge is -2.58. The number of hydrogen-bond donors (Lipinski definition) is 0. The highest BCUT2D eigenvalue weighted by Crippen LogP contribution is 2.67. The first-order chi connectivity index (χ1) is 17.2. The quantitative estimate of drug-likeness (QED) is 0.295. The fraction of sp³-hybridized carbons (Fsp3) is 0.676. The molecule has 5 rings (SSSR count). The number of rotatable bonds is 6. The zero-order chi connectivity index (χ0) is 25.5. The van der Waals surface area contributed by atoms with E-state index < -0.39 is 0 Å². The average molecular weight is 489 g/mol. The van der Waals surface area contributed by atoms with Gasteiger partial charge in [0.2, 0.25) is 0 Å². The van der Waals surface area contributed by atoms with Crippen molar-refractivity contribution < 1.29 is 9.53 Å². The summed E-state index contributed by atoms with van der Waals surface area (Å²) in [7, 11) is 0. The van der Waals surface area contributed by atoms with Crippen molar-refractivity contribution in [1.29, 1.82) is 0 Å². The van der Waals surface area contributed by atoms with E-state index >= 15 is 0 Å². The third-order valence-electron chi connectivity index (χ3n) is 11.1. The summed E-state index contributed by atoms with van der Waals surface area (Å²) in [6, 6.07) is 9.47. The molecule has 3 saturated carbocycles. The summed E-state index contributed by atoms with van der Waals surface area (Å²) < 4.78 is 5.99. The maximum absolute atomic E-state index is 12.7. The summed E-state index contributed by atoms with van der Waals surface area (Å²) in [4.78, 5) is 12.7. The Bertz CT molecular complexity index is 990. The minimum Gasteiger partial charge on any atom is -0.458 e. The zero-order valence-electron chi connectivity index (χ0n) is 23.3. The van der Waals surface area contributed by atoms with Gasteiger partial charge in [-0.2, -0.15) is 0 Å². The molecule has 36 heavy (non-hydrogen) atoms. The number of ether oxygens (including phenoxy) is 1.